The van der Waals surface area contributed by atoms with Gasteiger partial charge in [-0.1, -0.05) is 6.92 Å². The zero-order valence-corrected chi connectivity index (χ0v) is 11.4. The molecule has 0 saturated carbocycles. The van der Waals surface area contributed by atoms with Gasteiger partial charge in [-0.2, -0.15) is 0 Å². The van der Waals surface area contributed by atoms with Crippen LogP contribution in [0.5, 0.6) is 5.75 Å². The minimum Gasteiger partial charge on any atom is -0.497 e. The number of nitrogens with zero attached hydrogens (tertiary/aromatic N) is 1. The molecule has 2 nitrogen and oxygen atoms in total. The normalized spacial score (nSPS) is 10.1. The molecule has 0 unspecified atom stereocenters. The van der Waals surface area contributed by atoms with Gasteiger partial charge in [0.05, 0.1) is 12.6 Å². The number of rotatable bonds is 3. The number of fused-ring (bicyclic) bond motifs is 1. The number of methoxy groups -OCH3 is 1. The van der Waals surface area contributed by atoms with Crippen LogP contribution in [0.25, 0.3) is 10.9 Å². The van der Waals surface area contributed by atoms with Crippen molar-refractivity contribution in [1.29, 1.82) is 0 Å². The summed E-state index contributed by atoms with van der Waals surface area (Å²) in [7, 11) is 1.66. The molecule has 0 spiro atoms. The summed E-state index contributed by atoms with van der Waals surface area (Å²) in [4.78, 5) is 4.60. The molecular formula is C13H15Cl2NO. The quantitative estimate of drug-likeness (QED) is 0.789. The Morgan fingerprint density at radius 3 is 2.65 bits per heavy atom. The lowest BCUT2D eigenvalue weighted by molar-refractivity contribution is 0.415. The highest BCUT2D eigenvalue weighted by atomic mass is 35.5. The Hall–Kier alpha value is -0.990. The topological polar surface area (TPSA) is 22.1 Å². The Bertz CT molecular complexity index is 514. The van der Waals surface area contributed by atoms with Crippen LogP contribution in [-0.2, 0) is 12.3 Å². The third-order valence-electron chi connectivity index (χ3n) is 2.67. The molecule has 2 aromatic rings. The zero-order valence-electron chi connectivity index (χ0n) is 9.87. The van der Waals surface area contributed by atoms with E-state index < -0.39 is 0 Å². The summed E-state index contributed by atoms with van der Waals surface area (Å²) in [5, 5.41) is 1.08. The molecule has 0 bridgehead atoms. The summed E-state index contributed by atoms with van der Waals surface area (Å²) >= 11 is 5.91. The fraction of sp³-hybridized carbons (Fsp3) is 0.308. The van der Waals surface area contributed by atoms with Gasteiger partial charge in [0.2, 0.25) is 0 Å². The summed E-state index contributed by atoms with van der Waals surface area (Å²) in [6.07, 6.45) is 0.907. The van der Waals surface area contributed by atoms with Crippen LogP contribution in [0, 0.1) is 0 Å². The summed E-state index contributed by atoms with van der Waals surface area (Å²) in [5.74, 6) is 1.35. The lowest BCUT2D eigenvalue weighted by Gasteiger charge is -2.07. The van der Waals surface area contributed by atoms with Gasteiger partial charge in [-0.05, 0) is 36.2 Å². The molecular weight excluding hydrogens is 257 g/mol. The lowest BCUT2D eigenvalue weighted by Crippen LogP contribution is -1.95. The molecule has 4 heteroatoms. The fourth-order valence-corrected chi connectivity index (χ4v) is 2.02. The molecule has 1 heterocycles. The van der Waals surface area contributed by atoms with Crippen molar-refractivity contribution >= 4 is 34.9 Å². The van der Waals surface area contributed by atoms with Crippen molar-refractivity contribution in [1.82, 2.24) is 4.98 Å². The molecule has 0 aliphatic carbocycles. The smallest absolute Gasteiger partial charge is 0.119 e. The number of pyridine rings is 1. The predicted molar refractivity (Wildman–Crippen MR) is 74.5 cm³/mol. The SMILES string of the molecule is CCc1nc2ccc(OC)cc2cc1CCl.Cl. The monoisotopic (exact) mass is 271 g/mol. The second-order valence-electron chi connectivity index (χ2n) is 3.64. The third-order valence-corrected chi connectivity index (χ3v) is 2.96. The first-order valence-corrected chi connectivity index (χ1v) is 5.84. The minimum atomic E-state index is 0. The van der Waals surface area contributed by atoms with E-state index in [4.69, 9.17) is 16.3 Å². The van der Waals surface area contributed by atoms with Crippen molar-refractivity contribution in [2.24, 2.45) is 0 Å². The maximum Gasteiger partial charge on any atom is 0.119 e. The largest absolute Gasteiger partial charge is 0.497 e. The van der Waals surface area contributed by atoms with E-state index in [9.17, 15) is 0 Å². The van der Waals surface area contributed by atoms with Crippen molar-refractivity contribution in [2.45, 2.75) is 19.2 Å². The van der Waals surface area contributed by atoms with Gasteiger partial charge in [-0.3, -0.25) is 4.98 Å². The van der Waals surface area contributed by atoms with Crippen LogP contribution in [0.1, 0.15) is 18.2 Å². The molecule has 0 radical (unpaired) electrons. The average Bonchev–Trinajstić information content (AvgIpc) is 2.36. The van der Waals surface area contributed by atoms with Crippen molar-refractivity contribution in [3.05, 3.63) is 35.5 Å². The number of alkyl halides is 1. The molecule has 1 aromatic heterocycles. The Morgan fingerprint density at radius 1 is 1.29 bits per heavy atom. The first-order valence-electron chi connectivity index (χ1n) is 5.31. The summed E-state index contributed by atoms with van der Waals surface area (Å²) in [6, 6.07) is 7.98. The first-order chi connectivity index (χ1) is 7.78. The van der Waals surface area contributed by atoms with E-state index in [0.717, 1.165) is 34.3 Å². The van der Waals surface area contributed by atoms with Gasteiger partial charge in [0.15, 0.2) is 0 Å². The molecule has 0 N–H and O–H groups in total. The van der Waals surface area contributed by atoms with Crippen LogP contribution in [-0.4, -0.2) is 12.1 Å². The Morgan fingerprint density at radius 2 is 2.06 bits per heavy atom. The van der Waals surface area contributed by atoms with Crippen LogP contribution in [0.2, 0.25) is 0 Å². The zero-order chi connectivity index (χ0) is 11.5. The van der Waals surface area contributed by atoms with Gasteiger partial charge in [0, 0.05) is 17.0 Å². The second-order valence-corrected chi connectivity index (χ2v) is 3.91. The number of hydrogen-bond acceptors (Lipinski definition) is 2. The number of aromatic nitrogens is 1. The molecule has 17 heavy (non-hydrogen) atoms. The van der Waals surface area contributed by atoms with E-state index in [1.54, 1.807) is 7.11 Å². The average molecular weight is 272 g/mol. The molecule has 1 aromatic carbocycles. The van der Waals surface area contributed by atoms with E-state index in [1.165, 1.54) is 0 Å². The molecule has 0 saturated heterocycles. The highest BCUT2D eigenvalue weighted by Crippen LogP contribution is 2.23. The Kier molecular flexibility index (Phi) is 5.03. The van der Waals surface area contributed by atoms with Crippen molar-refractivity contribution < 1.29 is 4.74 Å². The van der Waals surface area contributed by atoms with E-state index in [1.807, 2.05) is 18.2 Å². The van der Waals surface area contributed by atoms with Crippen LogP contribution < -0.4 is 4.74 Å². The molecule has 0 atom stereocenters. The van der Waals surface area contributed by atoms with Crippen LogP contribution in [0.15, 0.2) is 24.3 Å². The van der Waals surface area contributed by atoms with Gasteiger partial charge in [-0.15, -0.1) is 24.0 Å². The second kappa shape index (κ2) is 6.08. The highest BCUT2D eigenvalue weighted by Gasteiger charge is 2.05. The number of halogens is 2. The van der Waals surface area contributed by atoms with E-state index in [2.05, 4.69) is 18.0 Å². The lowest BCUT2D eigenvalue weighted by atomic mass is 10.1. The van der Waals surface area contributed by atoms with Gasteiger partial charge >= 0.3 is 0 Å². The first kappa shape index (κ1) is 14.1. The fourth-order valence-electron chi connectivity index (χ4n) is 1.79. The van der Waals surface area contributed by atoms with E-state index in [0.29, 0.717) is 5.88 Å². The van der Waals surface area contributed by atoms with Crippen LogP contribution in [0.4, 0.5) is 0 Å². The highest BCUT2D eigenvalue weighted by molar-refractivity contribution is 6.17. The molecule has 0 aliphatic rings. The number of benzene rings is 1. The molecule has 0 aliphatic heterocycles. The van der Waals surface area contributed by atoms with E-state index in [-0.39, 0.29) is 12.4 Å². The van der Waals surface area contributed by atoms with Crippen molar-refractivity contribution in [2.75, 3.05) is 7.11 Å². The van der Waals surface area contributed by atoms with E-state index >= 15 is 0 Å². The predicted octanol–water partition coefficient (Wildman–Crippen LogP) is 3.97. The van der Waals surface area contributed by atoms with Gasteiger partial charge in [0.25, 0.3) is 0 Å². The number of hydrogen-bond donors (Lipinski definition) is 0. The van der Waals surface area contributed by atoms with Crippen molar-refractivity contribution in [3.8, 4) is 5.75 Å². The maximum atomic E-state index is 5.91. The van der Waals surface area contributed by atoms with Gasteiger partial charge in [0.1, 0.15) is 5.75 Å². The Balaban J connectivity index is 0.00000144. The summed E-state index contributed by atoms with van der Waals surface area (Å²) in [6.45, 7) is 2.09. The number of aryl methyl sites for hydroxylation is 1. The molecule has 0 amide bonds. The molecule has 2 rings (SSSR count). The number of ether oxygens (including phenoxy) is 1. The minimum absolute atomic E-state index is 0. The third kappa shape index (κ3) is 2.82. The van der Waals surface area contributed by atoms with Crippen LogP contribution >= 0.6 is 24.0 Å². The molecule has 92 valence electrons. The summed E-state index contributed by atoms with van der Waals surface area (Å²) < 4.78 is 5.19. The van der Waals surface area contributed by atoms with Crippen molar-refractivity contribution in [3.63, 3.8) is 0 Å². The standard InChI is InChI=1S/C13H14ClNO.ClH/c1-3-12-10(8-14)6-9-7-11(16-2)4-5-13(9)15-12;/h4-7H,3,8H2,1-2H3;1H. The van der Waals surface area contributed by atoms with Gasteiger partial charge < -0.3 is 4.74 Å². The summed E-state index contributed by atoms with van der Waals surface area (Å²) in [5.41, 5.74) is 3.17. The van der Waals surface area contributed by atoms with Crippen LogP contribution in [0.3, 0.4) is 0 Å². The molecule has 0 fully saturated rings. The maximum absolute atomic E-state index is 5.91. The Labute approximate surface area is 112 Å². The van der Waals surface area contributed by atoms with Gasteiger partial charge in [-0.25, -0.2) is 0 Å².